The minimum absolute atomic E-state index is 0.00392. The van der Waals surface area contributed by atoms with E-state index in [9.17, 15) is 4.79 Å². The fourth-order valence-electron chi connectivity index (χ4n) is 5.38. The van der Waals surface area contributed by atoms with Crippen molar-refractivity contribution in [3.05, 3.63) is 41.9 Å². The fourth-order valence-corrected chi connectivity index (χ4v) is 5.38. The second-order valence-corrected chi connectivity index (χ2v) is 10.1. The van der Waals surface area contributed by atoms with Gasteiger partial charge in [-0.1, -0.05) is 0 Å². The third-order valence-electron chi connectivity index (χ3n) is 7.73. The normalized spacial score (nSPS) is 24.6. The van der Waals surface area contributed by atoms with Crippen LogP contribution in [0.15, 0.2) is 30.6 Å². The van der Waals surface area contributed by atoms with Crippen molar-refractivity contribution < 1.29 is 14.3 Å². The first-order chi connectivity index (χ1) is 17.6. The molecule has 0 aromatic carbocycles. The molecule has 10 heteroatoms. The van der Waals surface area contributed by atoms with Gasteiger partial charge in [-0.25, -0.2) is 4.98 Å². The van der Waals surface area contributed by atoms with Crippen molar-refractivity contribution in [2.75, 3.05) is 31.2 Å². The van der Waals surface area contributed by atoms with Gasteiger partial charge in [-0.15, -0.1) is 0 Å². The Morgan fingerprint density at radius 2 is 2.11 bits per heavy atom. The lowest BCUT2D eigenvalue weighted by atomic mass is 9.87. The Labute approximate surface area is 210 Å². The maximum absolute atomic E-state index is 13.0. The lowest BCUT2D eigenvalue weighted by molar-refractivity contribution is 0.0643. The fraction of sp³-hybridized carbons (Fsp3) is 0.538. The summed E-state index contributed by atoms with van der Waals surface area (Å²) in [5, 5.41) is 4.21. The number of hydrogen-bond acceptors (Lipinski definition) is 8. The Bertz CT molecular complexity index is 1220. The van der Waals surface area contributed by atoms with Crippen molar-refractivity contribution in [3.63, 3.8) is 0 Å². The number of nitrogens with one attached hydrogen (secondary N) is 2. The third-order valence-corrected chi connectivity index (χ3v) is 7.73. The first-order valence-electron chi connectivity index (χ1n) is 13.0. The zero-order valence-corrected chi connectivity index (χ0v) is 20.4. The summed E-state index contributed by atoms with van der Waals surface area (Å²) in [5.74, 6) is 0.926. The second-order valence-electron chi connectivity index (χ2n) is 10.1. The molecule has 5 heterocycles. The monoisotopic (exact) mass is 491 g/mol. The van der Waals surface area contributed by atoms with E-state index < -0.39 is 0 Å². The summed E-state index contributed by atoms with van der Waals surface area (Å²) in [6.45, 7) is 2.79. The molecule has 3 atom stereocenters. The van der Waals surface area contributed by atoms with Crippen LogP contribution < -0.4 is 20.7 Å². The Balaban J connectivity index is 1.18. The van der Waals surface area contributed by atoms with Crippen LogP contribution in [0.3, 0.4) is 0 Å². The molecular formula is C26H33N7O3. The molecule has 36 heavy (non-hydrogen) atoms. The van der Waals surface area contributed by atoms with Crippen molar-refractivity contribution >= 4 is 22.8 Å². The zero-order chi connectivity index (χ0) is 24.5. The van der Waals surface area contributed by atoms with E-state index in [4.69, 9.17) is 15.2 Å². The number of hydrogen-bond donors (Lipinski definition) is 3. The SMILES string of the molecule is N[C@@H]1CC[C@@H]1NC(=O)c1cc(N2CCC(c3c[nH]c4ncccc34)CC2)nc(OC[C@H]2CCCO2)n1. The minimum Gasteiger partial charge on any atom is -0.461 e. The molecule has 3 aromatic heterocycles. The number of carbonyl (C=O) groups is 1. The topological polar surface area (TPSA) is 131 Å². The predicted octanol–water partition coefficient (Wildman–Crippen LogP) is 2.51. The van der Waals surface area contributed by atoms with Crippen LogP contribution in [-0.2, 0) is 4.74 Å². The summed E-state index contributed by atoms with van der Waals surface area (Å²) in [6.07, 6.45) is 9.73. The van der Waals surface area contributed by atoms with E-state index >= 15 is 0 Å². The molecule has 1 aliphatic carbocycles. The number of nitrogens with zero attached hydrogens (tertiary/aromatic N) is 4. The van der Waals surface area contributed by atoms with Crippen LogP contribution in [0.2, 0.25) is 0 Å². The van der Waals surface area contributed by atoms with Crippen LogP contribution in [0.1, 0.15) is 60.5 Å². The van der Waals surface area contributed by atoms with Gasteiger partial charge < -0.3 is 30.4 Å². The quantitative estimate of drug-likeness (QED) is 0.459. The maximum atomic E-state index is 13.0. The number of amides is 1. The van der Waals surface area contributed by atoms with Crippen LogP contribution in [0.25, 0.3) is 11.0 Å². The largest absolute Gasteiger partial charge is 0.461 e. The first-order valence-corrected chi connectivity index (χ1v) is 13.0. The van der Waals surface area contributed by atoms with Crippen molar-refractivity contribution in [3.8, 4) is 6.01 Å². The zero-order valence-electron chi connectivity index (χ0n) is 20.4. The smallest absolute Gasteiger partial charge is 0.319 e. The van der Waals surface area contributed by atoms with Crippen LogP contribution in [-0.4, -0.2) is 70.3 Å². The molecule has 0 bridgehead atoms. The van der Waals surface area contributed by atoms with Crippen molar-refractivity contribution in [1.82, 2.24) is 25.3 Å². The van der Waals surface area contributed by atoms with Crippen LogP contribution in [0, 0.1) is 0 Å². The number of H-pyrrole nitrogens is 1. The standard InChI is InChI=1S/C26H33N7O3/c27-20-5-6-21(20)30-25(34)22-13-23(32-26(31-22)36-15-17-3-2-12-35-17)33-10-7-16(8-11-33)19-14-29-24-18(19)4-1-9-28-24/h1,4,9,13-14,16-17,20-21H,2-3,5-8,10-12,15,27H2,(H,28,29)(H,30,34)/t17-,20-,21+/m1/s1. The van der Waals surface area contributed by atoms with Gasteiger partial charge in [0.2, 0.25) is 0 Å². The summed E-state index contributed by atoms with van der Waals surface area (Å²) in [5.41, 5.74) is 8.59. The van der Waals surface area contributed by atoms with Crippen molar-refractivity contribution in [1.29, 1.82) is 0 Å². The van der Waals surface area contributed by atoms with E-state index in [-0.39, 0.29) is 30.1 Å². The Hall–Kier alpha value is -3.24. The number of piperidine rings is 1. The van der Waals surface area contributed by atoms with Gasteiger partial charge in [0.25, 0.3) is 5.91 Å². The van der Waals surface area contributed by atoms with Gasteiger partial charge in [0.15, 0.2) is 0 Å². The molecule has 2 aliphatic heterocycles. The molecule has 10 nitrogen and oxygen atoms in total. The van der Waals surface area contributed by atoms with Gasteiger partial charge in [-0.05, 0) is 62.1 Å². The number of rotatable bonds is 7. The molecule has 1 amide bonds. The molecule has 6 rings (SSSR count). The van der Waals surface area contributed by atoms with E-state index in [1.807, 2.05) is 12.3 Å². The summed E-state index contributed by atoms with van der Waals surface area (Å²) in [4.78, 5) is 32.1. The van der Waals surface area contributed by atoms with Crippen LogP contribution >= 0.6 is 0 Å². The molecule has 190 valence electrons. The second kappa shape index (κ2) is 10.0. The number of aromatic amines is 1. The predicted molar refractivity (Wildman–Crippen MR) is 135 cm³/mol. The highest BCUT2D eigenvalue weighted by Crippen LogP contribution is 2.34. The molecule has 3 aromatic rings. The third kappa shape index (κ3) is 4.75. The molecule has 4 N–H and O–H groups in total. The molecule has 2 saturated heterocycles. The Morgan fingerprint density at radius 3 is 2.86 bits per heavy atom. The molecule has 3 aliphatic rings. The van der Waals surface area contributed by atoms with E-state index in [2.05, 4.69) is 42.4 Å². The molecule has 3 fully saturated rings. The van der Waals surface area contributed by atoms with E-state index in [0.29, 0.717) is 18.2 Å². The molecular weight excluding hydrogens is 458 g/mol. The summed E-state index contributed by atoms with van der Waals surface area (Å²) >= 11 is 0. The number of nitrogens with two attached hydrogens (primary N) is 1. The molecule has 0 unspecified atom stereocenters. The van der Waals surface area contributed by atoms with Crippen molar-refractivity contribution in [2.24, 2.45) is 5.73 Å². The molecule has 0 spiro atoms. The Kier molecular flexibility index (Phi) is 6.45. The van der Waals surface area contributed by atoms with Gasteiger partial charge in [0, 0.05) is 55.6 Å². The van der Waals surface area contributed by atoms with E-state index in [1.54, 1.807) is 6.07 Å². The molecule has 1 saturated carbocycles. The number of carbonyl (C=O) groups excluding carboxylic acids is 1. The maximum Gasteiger partial charge on any atom is 0.319 e. The van der Waals surface area contributed by atoms with Crippen molar-refractivity contribution in [2.45, 2.75) is 62.6 Å². The minimum atomic E-state index is -0.234. The summed E-state index contributed by atoms with van der Waals surface area (Å²) in [6, 6.07) is 6.10. The van der Waals surface area contributed by atoms with Gasteiger partial charge >= 0.3 is 6.01 Å². The summed E-state index contributed by atoms with van der Waals surface area (Å²) < 4.78 is 11.6. The van der Waals surface area contributed by atoms with Gasteiger partial charge in [-0.2, -0.15) is 9.97 Å². The number of aromatic nitrogens is 4. The number of pyridine rings is 1. The highest BCUT2D eigenvalue weighted by molar-refractivity contribution is 5.93. The average molecular weight is 492 g/mol. The number of anilines is 1. The van der Waals surface area contributed by atoms with Crippen LogP contribution in [0.4, 0.5) is 5.82 Å². The summed E-state index contributed by atoms with van der Waals surface area (Å²) in [7, 11) is 0. The van der Waals surface area contributed by atoms with Gasteiger partial charge in [0.05, 0.1) is 6.10 Å². The first kappa shape index (κ1) is 23.2. The molecule has 0 radical (unpaired) electrons. The highest BCUT2D eigenvalue weighted by Gasteiger charge is 2.30. The van der Waals surface area contributed by atoms with Gasteiger partial charge in [0.1, 0.15) is 23.8 Å². The Morgan fingerprint density at radius 1 is 1.22 bits per heavy atom. The lowest BCUT2D eigenvalue weighted by Crippen LogP contribution is -2.54. The average Bonchev–Trinajstić information content (AvgIpc) is 3.60. The van der Waals surface area contributed by atoms with Gasteiger partial charge in [-0.3, -0.25) is 4.79 Å². The number of fused-ring (bicyclic) bond motifs is 1. The highest BCUT2D eigenvalue weighted by atomic mass is 16.5. The van der Waals surface area contributed by atoms with E-state index in [1.165, 1.54) is 10.9 Å². The number of ether oxygens (including phenoxy) is 2. The van der Waals surface area contributed by atoms with E-state index in [0.717, 1.165) is 69.7 Å². The van der Waals surface area contributed by atoms with Crippen LogP contribution in [0.5, 0.6) is 6.01 Å². The lowest BCUT2D eigenvalue weighted by Gasteiger charge is -2.34.